The van der Waals surface area contributed by atoms with E-state index in [0.717, 1.165) is 36.6 Å². The average molecular weight is 452 g/mol. The summed E-state index contributed by atoms with van der Waals surface area (Å²) in [4.78, 5) is 28.8. The molecule has 1 saturated carbocycles. The summed E-state index contributed by atoms with van der Waals surface area (Å²) in [5.74, 6) is -0.967. The highest BCUT2D eigenvalue weighted by molar-refractivity contribution is 5.95. The molecule has 2 heterocycles. The number of rotatable bonds is 7. The number of primary amides is 1. The minimum atomic E-state index is -0.645. The second-order valence-electron chi connectivity index (χ2n) is 8.59. The van der Waals surface area contributed by atoms with Gasteiger partial charge in [-0.2, -0.15) is 5.26 Å². The van der Waals surface area contributed by atoms with Gasteiger partial charge in [-0.25, -0.2) is 9.37 Å². The van der Waals surface area contributed by atoms with Gasteiger partial charge in [0, 0.05) is 23.6 Å². The molecule has 3 N–H and O–H groups in total. The summed E-state index contributed by atoms with van der Waals surface area (Å²) in [6.07, 6.45) is 2.77. The minimum Gasteiger partial charge on any atom is -0.474 e. The first-order chi connectivity index (χ1) is 15.8. The van der Waals surface area contributed by atoms with E-state index in [1.54, 1.807) is 12.1 Å². The number of carbonyl (C=O) groups is 2. The van der Waals surface area contributed by atoms with Crippen LogP contribution in [0.5, 0.6) is 5.88 Å². The Hall–Kier alpha value is -3.51. The fourth-order valence-electron chi connectivity index (χ4n) is 4.31. The molecule has 0 unspecified atom stereocenters. The highest BCUT2D eigenvalue weighted by atomic mass is 19.1. The number of hydrogen-bond acceptors (Lipinski definition) is 6. The van der Waals surface area contributed by atoms with E-state index < -0.39 is 11.7 Å². The van der Waals surface area contributed by atoms with E-state index in [2.05, 4.69) is 10.3 Å². The maximum Gasteiger partial charge on any atom is 0.254 e. The van der Waals surface area contributed by atoms with Crippen molar-refractivity contribution in [3.63, 3.8) is 0 Å². The standard InChI is InChI=1S/C24H25FN4O4/c1-13(33-24-19(22(27)30)10-17-12-32-5-4-21(17)29-24)6-14-7-18(8-14)28-23(31)15-2-3-20(25)16(9-15)11-26/h2-3,9-10,13-14,18H,4-8,12H2,1H3,(H2,27,30)(H,28,31)/t13-,14?,18?/m0/s1. The molecule has 1 aliphatic carbocycles. The lowest BCUT2D eigenvalue weighted by atomic mass is 9.77. The van der Waals surface area contributed by atoms with E-state index in [1.807, 2.05) is 6.92 Å². The summed E-state index contributed by atoms with van der Waals surface area (Å²) < 4.78 is 24.9. The van der Waals surface area contributed by atoms with E-state index in [9.17, 15) is 14.0 Å². The number of nitrogens with two attached hydrogens (primary N) is 1. The third-order valence-corrected chi connectivity index (χ3v) is 6.06. The molecule has 0 spiro atoms. The third kappa shape index (κ3) is 5.12. The molecular weight excluding hydrogens is 427 g/mol. The van der Waals surface area contributed by atoms with Crippen molar-refractivity contribution in [3.05, 3.63) is 58.0 Å². The van der Waals surface area contributed by atoms with Crippen LogP contribution in [-0.4, -0.2) is 35.6 Å². The Morgan fingerprint density at radius 3 is 2.91 bits per heavy atom. The minimum absolute atomic E-state index is 0.00772. The zero-order valence-corrected chi connectivity index (χ0v) is 18.3. The number of pyridine rings is 1. The van der Waals surface area contributed by atoms with Crippen LogP contribution < -0.4 is 15.8 Å². The molecule has 1 aromatic carbocycles. The van der Waals surface area contributed by atoms with Gasteiger partial charge in [-0.1, -0.05) is 0 Å². The highest BCUT2D eigenvalue weighted by Crippen LogP contribution is 2.33. The molecule has 172 valence electrons. The normalized spacial score (nSPS) is 20.0. The molecule has 0 saturated heterocycles. The smallest absolute Gasteiger partial charge is 0.254 e. The van der Waals surface area contributed by atoms with Crippen LogP contribution in [0.1, 0.15) is 63.7 Å². The second kappa shape index (κ2) is 9.55. The van der Waals surface area contributed by atoms with Crippen molar-refractivity contribution < 1.29 is 23.5 Å². The van der Waals surface area contributed by atoms with Crippen LogP contribution >= 0.6 is 0 Å². The maximum absolute atomic E-state index is 13.5. The molecule has 1 fully saturated rings. The largest absolute Gasteiger partial charge is 0.474 e. The molecule has 1 aliphatic heterocycles. The molecule has 0 radical (unpaired) electrons. The fourth-order valence-corrected chi connectivity index (χ4v) is 4.31. The average Bonchev–Trinajstić information content (AvgIpc) is 2.77. The summed E-state index contributed by atoms with van der Waals surface area (Å²) in [5, 5.41) is 11.8. The van der Waals surface area contributed by atoms with Crippen molar-refractivity contribution in [3.8, 4) is 11.9 Å². The van der Waals surface area contributed by atoms with E-state index in [0.29, 0.717) is 25.6 Å². The number of halogens is 1. The molecule has 8 nitrogen and oxygen atoms in total. The van der Waals surface area contributed by atoms with Gasteiger partial charge in [0.1, 0.15) is 17.4 Å². The molecule has 9 heteroatoms. The highest BCUT2D eigenvalue weighted by Gasteiger charge is 2.32. The van der Waals surface area contributed by atoms with Crippen LogP contribution in [-0.2, 0) is 17.8 Å². The van der Waals surface area contributed by atoms with Crippen LogP contribution in [0.25, 0.3) is 0 Å². The van der Waals surface area contributed by atoms with Crippen molar-refractivity contribution >= 4 is 11.8 Å². The molecule has 4 rings (SSSR count). The van der Waals surface area contributed by atoms with Gasteiger partial charge in [-0.3, -0.25) is 9.59 Å². The number of ether oxygens (including phenoxy) is 2. The summed E-state index contributed by atoms with van der Waals surface area (Å²) >= 11 is 0. The van der Waals surface area contributed by atoms with Crippen LogP contribution in [0.2, 0.25) is 0 Å². The van der Waals surface area contributed by atoms with E-state index in [1.165, 1.54) is 12.1 Å². The molecule has 0 bridgehead atoms. The number of carbonyl (C=O) groups excluding carboxylic acids is 2. The molecular formula is C24H25FN4O4. The van der Waals surface area contributed by atoms with E-state index >= 15 is 0 Å². The molecule has 33 heavy (non-hydrogen) atoms. The SMILES string of the molecule is C[C@@H](CC1CC(NC(=O)c2ccc(F)c(C#N)c2)C1)Oc1nc2c(cc1C(N)=O)COCC2. The number of hydrogen-bond donors (Lipinski definition) is 2. The van der Waals surface area contributed by atoms with Gasteiger partial charge in [0.05, 0.1) is 30.6 Å². The number of fused-ring (bicyclic) bond motifs is 1. The van der Waals surface area contributed by atoms with Gasteiger partial charge in [-0.15, -0.1) is 0 Å². The summed E-state index contributed by atoms with van der Waals surface area (Å²) in [6, 6.07) is 7.19. The van der Waals surface area contributed by atoms with Gasteiger partial charge in [0.2, 0.25) is 5.88 Å². The van der Waals surface area contributed by atoms with E-state index in [4.69, 9.17) is 20.5 Å². The second-order valence-corrected chi connectivity index (χ2v) is 8.59. The summed E-state index contributed by atoms with van der Waals surface area (Å²) in [6.45, 7) is 2.90. The summed E-state index contributed by atoms with van der Waals surface area (Å²) in [7, 11) is 0. The van der Waals surface area contributed by atoms with E-state index in [-0.39, 0.29) is 40.6 Å². The molecule has 2 aliphatic rings. The number of nitrogens with zero attached hydrogens (tertiary/aromatic N) is 2. The van der Waals surface area contributed by atoms with Crippen LogP contribution in [0.4, 0.5) is 4.39 Å². The first-order valence-corrected chi connectivity index (χ1v) is 10.9. The van der Waals surface area contributed by atoms with Gasteiger partial charge >= 0.3 is 0 Å². The predicted molar refractivity (Wildman–Crippen MR) is 116 cm³/mol. The van der Waals surface area contributed by atoms with Crippen molar-refractivity contribution in [1.82, 2.24) is 10.3 Å². The molecule has 1 atom stereocenters. The Balaban J connectivity index is 1.30. The molecule has 2 aromatic rings. The van der Waals surface area contributed by atoms with Crippen LogP contribution in [0.3, 0.4) is 0 Å². The number of nitriles is 1. The van der Waals surface area contributed by atoms with Gasteiger partial charge in [0.25, 0.3) is 11.8 Å². The number of amides is 2. The fraction of sp³-hybridized carbons (Fsp3) is 0.417. The van der Waals surface area contributed by atoms with Crippen LogP contribution in [0.15, 0.2) is 24.3 Å². The Morgan fingerprint density at radius 1 is 1.39 bits per heavy atom. The Kier molecular flexibility index (Phi) is 6.56. The summed E-state index contributed by atoms with van der Waals surface area (Å²) in [5.41, 5.74) is 7.60. The van der Waals surface area contributed by atoms with Crippen LogP contribution in [0, 0.1) is 23.1 Å². The Labute approximate surface area is 190 Å². The third-order valence-electron chi connectivity index (χ3n) is 6.06. The Morgan fingerprint density at radius 2 is 2.18 bits per heavy atom. The van der Waals surface area contributed by atoms with Gasteiger partial charge < -0.3 is 20.5 Å². The Bertz CT molecular complexity index is 1120. The van der Waals surface area contributed by atoms with Gasteiger partial charge in [0.15, 0.2) is 0 Å². The van der Waals surface area contributed by atoms with Crippen molar-refractivity contribution in [2.24, 2.45) is 11.7 Å². The van der Waals surface area contributed by atoms with Crippen molar-refractivity contribution in [2.45, 2.75) is 51.4 Å². The predicted octanol–water partition coefficient (Wildman–Crippen LogP) is 2.63. The zero-order chi connectivity index (χ0) is 23.5. The number of benzene rings is 1. The molecule has 1 aromatic heterocycles. The van der Waals surface area contributed by atoms with Gasteiger partial charge in [-0.05, 0) is 56.4 Å². The zero-order valence-electron chi connectivity index (χ0n) is 18.3. The topological polar surface area (TPSA) is 127 Å². The maximum atomic E-state index is 13.5. The number of aromatic nitrogens is 1. The van der Waals surface area contributed by atoms with Crippen molar-refractivity contribution in [2.75, 3.05) is 6.61 Å². The first kappa shape index (κ1) is 22.7. The first-order valence-electron chi connectivity index (χ1n) is 10.9. The van der Waals surface area contributed by atoms with Crippen molar-refractivity contribution in [1.29, 1.82) is 5.26 Å². The quantitative estimate of drug-likeness (QED) is 0.665. The monoisotopic (exact) mass is 452 g/mol. The lowest BCUT2D eigenvalue weighted by molar-refractivity contribution is 0.0845. The number of nitrogens with one attached hydrogen (secondary N) is 1. The lowest BCUT2D eigenvalue weighted by Crippen LogP contribution is -2.45. The lowest BCUT2D eigenvalue weighted by Gasteiger charge is -2.37. The molecule has 2 amide bonds.